The van der Waals surface area contributed by atoms with Gasteiger partial charge in [0.2, 0.25) is 0 Å². The van der Waals surface area contributed by atoms with Gasteiger partial charge >= 0.3 is 0 Å². The van der Waals surface area contributed by atoms with E-state index in [1.807, 2.05) is 12.1 Å². The maximum Gasteiger partial charge on any atom is 0.123 e. The number of nitrogens with one attached hydrogen (secondary N) is 1. The minimum absolute atomic E-state index is 0.459. The van der Waals surface area contributed by atoms with Crippen molar-refractivity contribution in [2.24, 2.45) is 5.92 Å². The second kappa shape index (κ2) is 6.10. The highest BCUT2D eigenvalue weighted by atomic mass is 16.5. The first-order valence-electron chi connectivity index (χ1n) is 7.28. The number of methoxy groups -OCH3 is 1. The molecule has 2 heteroatoms. The maximum atomic E-state index is 5.42. The number of hydrogen-bond donors (Lipinski definition) is 1. The molecule has 0 saturated heterocycles. The fourth-order valence-corrected chi connectivity index (χ4v) is 2.72. The van der Waals surface area contributed by atoms with Gasteiger partial charge in [0.1, 0.15) is 5.75 Å². The SMILES string of the molecule is COc1ccccc1CNC(c1ccccc1)C1CC1. The Morgan fingerprint density at radius 1 is 1.05 bits per heavy atom. The van der Waals surface area contributed by atoms with Crippen molar-refractivity contribution in [3.63, 3.8) is 0 Å². The van der Waals surface area contributed by atoms with E-state index in [1.54, 1.807) is 7.11 Å². The molecule has 1 fully saturated rings. The van der Waals surface area contributed by atoms with E-state index in [2.05, 4.69) is 47.8 Å². The van der Waals surface area contributed by atoms with Crippen LogP contribution in [0.1, 0.15) is 30.0 Å². The summed E-state index contributed by atoms with van der Waals surface area (Å²) in [6.45, 7) is 0.847. The molecule has 0 aromatic heterocycles. The van der Waals surface area contributed by atoms with Crippen LogP contribution in [0.25, 0.3) is 0 Å². The van der Waals surface area contributed by atoms with E-state index in [0.29, 0.717) is 6.04 Å². The molecule has 1 saturated carbocycles. The predicted molar refractivity (Wildman–Crippen MR) is 81.7 cm³/mol. The Morgan fingerprint density at radius 2 is 1.75 bits per heavy atom. The monoisotopic (exact) mass is 267 g/mol. The summed E-state index contributed by atoms with van der Waals surface area (Å²) in [7, 11) is 1.73. The number of ether oxygens (including phenoxy) is 1. The van der Waals surface area contributed by atoms with Crippen LogP contribution in [0.3, 0.4) is 0 Å². The molecule has 0 aliphatic heterocycles. The summed E-state index contributed by atoms with van der Waals surface area (Å²) in [4.78, 5) is 0. The van der Waals surface area contributed by atoms with E-state index in [0.717, 1.165) is 18.2 Å². The molecule has 1 aliphatic carbocycles. The number of hydrogen-bond acceptors (Lipinski definition) is 2. The molecule has 1 aliphatic rings. The Balaban J connectivity index is 1.72. The molecule has 1 atom stereocenters. The molecule has 20 heavy (non-hydrogen) atoms. The van der Waals surface area contributed by atoms with Crippen molar-refractivity contribution in [3.8, 4) is 5.75 Å². The largest absolute Gasteiger partial charge is 0.496 e. The zero-order valence-electron chi connectivity index (χ0n) is 11.9. The molecule has 1 N–H and O–H groups in total. The van der Waals surface area contributed by atoms with Gasteiger partial charge in [0.15, 0.2) is 0 Å². The molecule has 2 nitrogen and oxygen atoms in total. The Hall–Kier alpha value is -1.80. The van der Waals surface area contributed by atoms with E-state index in [-0.39, 0.29) is 0 Å². The van der Waals surface area contributed by atoms with Crippen LogP contribution in [-0.2, 0) is 6.54 Å². The number of rotatable bonds is 6. The average molecular weight is 267 g/mol. The first-order valence-corrected chi connectivity index (χ1v) is 7.28. The zero-order chi connectivity index (χ0) is 13.8. The van der Waals surface area contributed by atoms with Crippen molar-refractivity contribution in [1.82, 2.24) is 5.32 Å². The van der Waals surface area contributed by atoms with Gasteiger partial charge in [-0.3, -0.25) is 0 Å². The van der Waals surface area contributed by atoms with Gasteiger partial charge < -0.3 is 10.1 Å². The summed E-state index contributed by atoms with van der Waals surface area (Å²) in [6, 6.07) is 19.4. The second-order valence-corrected chi connectivity index (χ2v) is 5.42. The standard InChI is InChI=1S/C18H21NO/c1-20-17-10-6-5-9-16(17)13-19-18(15-11-12-15)14-7-3-2-4-8-14/h2-10,15,18-19H,11-13H2,1H3. The van der Waals surface area contributed by atoms with Crippen LogP contribution in [0.2, 0.25) is 0 Å². The van der Waals surface area contributed by atoms with Crippen LogP contribution < -0.4 is 10.1 Å². The smallest absolute Gasteiger partial charge is 0.123 e. The molecule has 0 spiro atoms. The first kappa shape index (κ1) is 13.2. The van der Waals surface area contributed by atoms with Gasteiger partial charge in [0, 0.05) is 18.2 Å². The van der Waals surface area contributed by atoms with Gasteiger partial charge in [-0.05, 0) is 30.4 Å². The number of benzene rings is 2. The molecule has 0 bridgehead atoms. The van der Waals surface area contributed by atoms with E-state index in [4.69, 9.17) is 4.74 Å². The third kappa shape index (κ3) is 3.02. The highest BCUT2D eigenvalue weighted by molar-refractivity contribution is 5.33. The van der Waals surface area contributed by atoms with Crippen molar-refractivity contribution in [2.75, 3.05) is 7.11 Å². The van der Waals surface area contributed by atoms with Gasteiger partial charge in [-0.2, -0.15) is 0 Å². The van der Waals surface area contributed by atoms with Gasteiger partial charge in [-0.25, -0.2) is 0 Å². The van der Waals surface area contributed by atoms with Crippen LogP contribution in [0, 0.1) is 5.92 Å². The summed E-state index contributed by atoms with van der Waals surface area (Å²) in [5, 5.41) is 3.71. The summed E-state index contributed by atoms with van der Waals surface area (Å²) >= 11 is 0. The fourth-order valence-electron chi connectivity index (χ4n) is 2.72. The van der Waals surface area contributed by atoms with Gasteiger partial charge in [-0.1, -0.05) is 48.5 Å². The van der Waals surface area contributed by atoms with Crippen LogP contribution >= 0.6 is 0 Å². The van der Waals surface area contributed by atoms with Gasteiger partial charge in [0.05, 0.1) is 7.11 Å². The molecule has 2 aromatic rings. The van der Waals surface area contributed by atoms with Crippen molar-refractivity contribution >= 4 is 0 Å². The normalized spacial score (nSPS) is 15.8. The zero-order valence-corrected chi connectivity index (χ0v) is 11.9. The first-order chi connectivity index (χ1) is 9.88. The summed E-state index contributed by atoms with van der Waals surface area (Å²) < 4.78 is 5.42. The lowest BCUT2D eigenvalue weighted by Gasteiger charge is -2.19. The molecule has 0 radical (unpaired) electrons. The Morgan fingerprint density at radius 3 is 2.45 bits per heavy atom. The maximum absolute atomic E-state index is 5.42. The topological polar surface area (TPSA) is 21.3 Å². The Bertz CT molecular complexity index is 548. The third-order valence-corrected chi connectivity index (χ3v) is 3.96. The van der Waals surface area contributed by atoms with Crippen LogP contribution in [0.5, 0.6) is 5.75 Å². The van der Waals surface area contributed by atoms with E-state index < -0.39 is 0 Å². The minimum atomic E-state index is 0.459. The van der Waals surface area contributed by atoms with Crippen molar-refractivity contribution < 1.29 is 4.74 Å². The predicted octanol–water partition coefficient (Wildman–Crippen LogP) is 3.94. The molecule has 2 aromatic carbocycles. The Kier molecular flexibility index (Phi) is 4.03. The van der Waals surface area contributed by atoms with Crippen LogP contribution in [-0.4, -0.2) is 7.11 Å². The van der Waals surface area contributed by atoms with Crippen LogP contribution in [0.15, 0.2) is 54.6 Å². The third-order valence-electron chi connectivity index (χ3n) is 3.96. The molecule has 3 rings (SSSR count). The van der Waals surface area contributed by atoms with Gasteiger partial charge in [0.25, 0.3) is 0 Å². The average Bonchev–Trinajstić information content (AvgIpc) is 3.34. The molecule has 0 amide bonds. The van der Waals surface area contributed by atoms with Crippen molar-refractivity contribution in [3.05, 3.63) is 65.7 Å². The lowest BCUT2D eigenvalue weighted by atomic mass is 10.0. The quantitative estimate of drug-likeness (QED) is 0.856. The van der Waals surface area contributed by atoms with Crippen molar-refractivity contribution in [1.29, 1.82) is 0 Å². The lowest BCUT2D eigenvalue weighted by Crippen LogP contribution is -2.22. The van der Waals surface area contributed by atoms with E-state index >= 15 is 0 Å². The fraction of sp³-hybridized carbons (Fsp3) is 0.333. The molecular formula is C18H21NO. The highest BCUT2D eigenvalue weighted by Gasteiger charge is 2.31. The highest BCUT2D eigenvalue weighted by Crippen LogP contribution is 2.41. The van der Waals surface area contributed by atoms with Gasteiger partial charge in [-0.15, -0.1) is 0 Å². The number of para-hydroxylation sites is 1. The summed E-state index contributed by atoms with van der Waals surface area (Å²) in [5.41, 5.74) is 2.61. The lowest BCUT2D eigenvalue weighted by molar-refractivity contribution is 0.402. The molecule has 0 heterocycles. The Labute approximate surface area is 120 Å². The molecule has 1 unspecified atom stereocenters. The second-order valence-electron chi connectivity index (χ2n) is 5.42. The van der Waals surface area contributed by atoms with Crippen LogP contribution in [0.4, 0.5) is 0 Å². The van der Waals surface area contributed by atoms with E-state index in [9.17, 15) is 0 Å². The van der Waals surface area contributed by atoms with E-state index in [1.165, 1.54) is 24.0 Å². The van der Waals surface area contributed by atoms with Crippen molar-refractivity contribution in [2.45, 2.75) is 25.4 Å². The summed E-state index contributed by atoms with van der Waals surface area (Å²) in [5.74, 6) is 1.75. The summed E-state index contributed by atoms with van der Waals surface area (Å²) in [6.07, 6.45) is 2.66. The minimum Gasteiger partial charge on any atom is -0.496 e. The molecular weight excluding hydrogens is 246 g/mol. The molecule has 104 valence electrons.